The fourth-order valence-corrected chi connectivity index (χ4v) is 4.83. The molecule has 0 spiro atoms. The molecule has 150 valence electrons. The fourth-order valence-electron chi connectivity index (χ4n) is 3.13. The van der Waals surface area contributed by atoms with E-state index in [9.17, 15) is 13.2 Å². The van der Waals surface area contributed by atoms with Gasteiger partial charge in [-0.05, 0) is 31.2 Å². The quantitative estimate of drug-likeness (QED) is 0.737. The van der Waals surface area contributed by atoms with Gasteiger partial charge in [0, 0.05) is 36.3 Å². The van der Waals surface area contributed by atoms with Gasteiger partial charge in [0.1, 0.15) is 17.5 Å². The summed E-state index contributed by atoms with van der Waals surface area (Å²) in [6.45, 7) is 1.96. The molecule has 2 aromatic carbocycles. The number of sulfonamides is 1. The first-order valence-electron chi connectivity index (χ1n) is 8.60. The third-order valence-electron chi connectivity index (χ3n) is 4.67. The minimum atomic E-state index is -3.81. The first kappa shape index (κ1) is 20.4. The molecule has 1 amide bonds. The molecule has 0 aromatic heterocycles. The van der Waals surface area contributed by atoms with E-state index in [0.29, 0.717) is 22.2 Å². The van der Waals surface area contributed by atoms with Crippen LogP contribution in [0.25, 0.3) is 0 Å². The molecule has 0 saturated carbocycles. The Labute approximate surface area is 169 Å². The summed E-state index contributed by atoms with van der Waals surface area (Å²) in [5.74, 6) is 0.774. The van der Waals surface area contributed by atoms with Crippen molar-refractivity contribution >= 4 is 33.2 Å². The molecule has 1 aliphatic heterocycles. The monoisotopic (exact) mass is 424 g/mol. The first-order chi connectivity index (χ1) is 13.3. The summed E-state index contributed by atoms with van der Waals surface area (Å²) in [6, 6.07) is 10.2. The second kappa shape index (κ2) is 7.98. The van der Waals surface area contributed by atoms with Crippen LogP contribution in [0.2, 0.25) is 5.02 Å². The number of ether oxygens (including phenoxy) is 2. The summed E-state index contributed by atoms with van der Waals surface area (Å²) < 4.78 is 37.7. The van der Waals surface area contributed by atoms with E-state index in [-0.39, 0.29) is 23.9 Å². The van der Waals surface area contributed by atoms with Crippen LogP contribution < -0.4 is 14.4 Å². The Kier molecular flexibility index (Phi) is 5.83. The van der Waals surface area contributed by atoms with Crippen molar-refractivity contribution in [3.63, 3.8) is 0 Å². The Bertz CT molecular complexity index is 956. The second-order valence-electron chi connectivity index (χ2n) is 6.31. The lowest BCUT2D eigenvalue weighted by atomic mass is 10.1. The zero-order valence-corrected chi connectivity index (χ0v) is 17.3. The van der Waals surface area contributed by atoms with Crippen LogP contribution in [0.4, 0.5) is 5.69 Å². The average Bonchev–Trinajstić information content (AvgIpc) is 2.69. The van der Waals surface area contributed by atoms with Crippen LogP contribution in [0.15, 0.2) is 47.4 Å². The number of methoxy groups -OCH3 is 2. The molecule has 0 bridgehead atoms. The van der Waals surface area contributed by atoms with Gasteiger partial charge in [-0.2, -0.15) is 4.31 Å². The largest absolute Gasteiger partial charge is 0.497 e. The van der Waals surface area contributed by atoms with E-state index in [2.05, 4.69) is 0 Å². The van der Waals surface area contributed by atoms with Crippen molar-refractivity contribution in [2.45, 2.75) is 17.9 Å². The molecule has 1 atom stereocenters. The number of anilines is 1. The summed E-state index contributed by atoms with van der Waals surface area (Å²) in [5.41, 5.74) is 0.594. The lowest BCUT2D eigenvalue weighted by molar-refractivity contribution is -0.123. The van der Waals surface area contributed by atoms with Gasteiger partial charge in [0.05, 0.1) is 24.8 Å². The van der Waals surface area contributed by atoms with Crippen molar-refractivity contribution in [2.75, 3.05) is 32.2 Å². The molecule has 28 heavy (non-hydrogen) atoms. The van der Waals surface area contributed by atoms with Crippen LogP contribution in [0.1, 0.15) is 6.92 Å². The van der Waals surface area contributed by atoms with Crippen molar-refractivity contribution < 1.29 is 22.7 Å². The molecule has 3 rings (SSSR count). The molecule has 1 aliphatic rings. The SMILES string of the molecule is COc1cc(OC)cc(N2CCN(S(=O)(=O)c3ccc(Cl)cc3)[C@H](C)C2=O)c1. The van der Waals surface area contributed by atoms with Crippen LogP contribution in [-0.2, 0) is 14.8 Å². The smallest absolute Gasteiger partial charge is 0.245 e. The summed E-state index contributed by atoms with van der Waals surface area (Å²) in [4.78, 5) is 14.6. The van der Waals surface area contributed by atoms with Gasteiger partial charge >= 0.3 is 0 Å². The maximum atomic E-state index is 13.0. The number of rotatable bonds is 5. The highest BCUT2D eigenvalue weighted by Crippen LogP contribution is 2.31. The van der Waals surface area contributed by atoms with Gasteiger partial charge in [0.25, 0.3) is 0 Å². The zero-order chi connectivity index (χ0) is 20.5. The molecule has 1 saturated heterocycles. The molecule has 0 aliphatic carbocycles. The topological polar surface area (TPSA) is 76.2 Å². The highest BCUT2D eigenvalue weighted by atomic mass is 35.5. The Morgan fingerprint density at radius 3 is 2.11 bits per heavy atom. The van der Waals surface area contributed by atoms with E-state index >= 15 is 0 Å². The van der Waals surface area contributed by atoms with E-state index in [4.69, 9.17) is 21.1 Å². The molecule has 0 N–H and O–H groups in total. The molecule has 0 unspecified atom stereocenters. The Morgan fingerprint density at radius 1 is 1.00 bits per heavy atom. The van der Waals surface area contributed by atoms with Crippen molar-refractivity contribution in [3.8, 4) is 11.5 Å². The fraction of sp³-hybridized carbons (Fsp3) is 0.316. The number of hydrogen-bond acceptors (Lipinski definition) is 5. The average molecular weight is 425 g/mol. The molecule has 2 aromatic rings. The lowest BCUT2D eigenvalue weighted by Gasteiger charge is -2.38. The predicted octanol–water partition coefficient (Wildman–Crippen LogP) is 2.78. The summed E-state index contributed by atoms with van der Waals surface area (Å²) in [5, 5.41) is 0.444. The third-order valence-corrected chi connectivity index (χ3v) is 6.90. The van der Waals surface area contributed by atoms with E-state index in [1.54, 1.807) is 30.0 Å². The number of benzene rings is 2. The van der Waals surface area contributed by atoms with Crippen LogP contribution in [0.3, 0.4) is 0 Å². The molecule has 1 fully saturated rings. The standard InChI is InChI=1S/C19H21ClN2O5S/c1-13-19(23)21(15-10-16(26-2)12-17(11-15)27-3)8-9-22(13)28(24,25)18-6-4-14(20)5-7-18/h4-7,10-13H,8-9H2,1-3H3/t13-/m1/s1. The van der Waals surface area contributed by atoms with Crippen molar-refractivity contribution in [1.29, 1.82) is 0 Å². The highest BCUT2D eigenvalue weighted by molar-refractivity contribution is 7.89. The highest BCUT2D eigenvalue weighted by Gasteiger charge is 2.39. The van der Waals surface area contributed by atoms with Crippen LogP contribution in [0, 0.1) is 0 Å². The minimum Gasteiger partial charge on any atom is -0.497 e. The number of carbonyl (C=O) groups is 1. The van der Waals surface area contributed by atoms with Crippen LogP contribution >= 0.6 is 11.6 Å². The Hall–Kier alpha value is -2.29. The zero-order valence-electron chi connectivity index (χ0n) is 15.8. The van der Waals surface area contributed by atoms with E-state index < -0.39 is 16.1 Å². The third kappa shape index (κ3) is 3.80. The van der Waals surface area contributed by atoms with E-state index in [0.717, 1.165) is 0 Å². The number of nitrogens with zero attached hydrogens (tertiary/aromatic N) is 2. The number of carbonyl (C=O) groups excluding carboxylic acids is 1. The van der Waals surface area contributed by atoms with Gasteiger partial charge in [0.2, 0.25) is 15.9 Å². The van der Waals surface area contributed by atoms with Gasteiger partial charge in [-0.15, -0.1) is 0 Å². The van der Waals surface area contributed by atoms with E-state index in [1.165, 1.54) is 42.8 Å². The normalized spacial score (nSPS) is 18.2. The lowest BCUT2D eigenvalue weighted by Crippen LogP contribution is -2.57. The van der Waals surface area contributed by atoms with Crippen LogP contribution in [0.5, 0.6) is 11.5 Å². The Morgan fingerprint density at radius 2 is 1.57 bits per heavy atom. The van der Waals surface area contributed by atoms with Crippen molar-refractivity contribution in [1.82, 2.24) is 4.31 Å². The van der Waals surface area contributed by atoms with Gasteiger partial charge in [-0.3, -0.25) is 4.79 Å². The second-order valence-corrected chi connectivity index (χ2v) is 8.63. The number of piperazine rings is 1. The molecule has 9 heteroatoms. The van der Waals surface area contributed by atoms with Gasteiger partial charge < -0.3 is 14.4 Å². The molecular weight excluding hydrogens is 404 g/mol. The molecule has 1 heterocycles. The Balaban J connectivity index is 1.89. The van der Waals surface area contributed by atoms with Gasteiger partial charge in [-0.25, -0.2) is 8.42 Å². The van der Waals surface area contributed by atoms with Gasteiger partial charge in [-0.1, -0.05) is 11.6 Å². The number of halogens is 1. The summed E-state index contributed by atoms with van der Waals surface area (Å²) >= 11 is 5.85. The molecule has 0 radical (unpaired) electrons. The van der Waals surface area contributed by atoms with Gasteiger partial charge in [0.15, 0.2) is 0 Å². The minimum absolute atomic E-state index is 0.105. The first-order valence-corrected chi connectivity index (χ1v) is 10.4. The number of hydrogen-bond donors (Lipinski definition) is 0. The maximum absolute atomic E-state index is 13.0. The predicted molar refractivity (Wildman–Crippen MR) is 107 cm³/mol. The molecule has 7 nitrogen and oxygen atoms in total. The molecular formula is C19H21ClN2O5S. The maximum Gasteiger partial charge on any atom is 0.245 e. The summed E-state index contributed by atoms with van der Waals surface area (Å²) in [6.07, 6.45) is 0. The van der Waals surface area contributed by atoms with Crippen LogP contribution in [-0.4, -0.2) is 52.0 Å². The van der Waals surface area contributed by atoms with E-state index in [1.807, 2.05) is 0 Å². The van der Waals surface area contributed by atoms with Crippen molar-refractivity contribution in [2.24, 2.45) is 0 Å². The number of amides is 1. The summed E-state index contributed by atoms with van der Waals surface area (Å²) in [7, 11) is -0.760. The van der Waals surface area contributed by atoms with Crippen molar-refractivity contribution in [3.05, 3.63) is 47.5 Å².